The van der Waals surface area contributed by atoms with Crippen LogP contribution in [0.25, 0.3) is 0 Å². The Morgan fingerprint density at radius 3 is 2.70 bits per heavy atom. The Bertz CT molecular complexity index is 281. The summed E-state index contributed by atoms with van der Waals surface area (Å²) >= 11 is 0. The van der Waals surface area contributed by atoms with Gasteiger partial charge in [0.25, 0.3) is 0 Å². The second kappa shape index (κ2) is 2.98. The summed E-state index contributed by atoms with van der Waals surface area (Å²) in [4.78, 5) is 0. The molecule has 0 heterocycles. The lowest BCUT2D eigenvalue weighted by Gasteiger charge is -1.87. The van der Waals surface area contributed by atoms with Crippen molar-refractivity contribution >= 4 is 0 Å². The lowest BCUT2D eigenvalue weighted by molar-refractivity contribution is 0.627. The molecule has 0 aliphatic carbocycles. The minimum atomic E-state index is -0.403. The van der Waals surface area contributed by atoms with E-state index < -0.39 is 5.82 Å². The van der Waals surface area contributed by atoms with Crippen LogP contribution < -0.4 is 0 Å². The molecule has 0 aliphatic rings. The highest BCUT2D eigenvalue weighted by Crippen LogP contribution is 2.00. The van der Waals surface area contributed by atoms with Gasteiger partial charge in [0.05, 0.1) is 0 Å². The largest absolute Gasteiger partial charge is 0.207 e. The first-order valence-corrected chi connectivity index (χ1v) is 2.70. The van der Waals surface area contributed by atoms with E-state index >= 15 is 0 Å². The van der Waals surface area contributed by atoms with E-state index in [1.165, 1.54) is 30.4 Å². The average molecular weight is 138 g/mol. The second-order valence-electron chi connectivity index (χ2n) is 1.73. The molecule has 0 aliphatic heterocycles. The van der Waals surface area contributed by atoms with Gasteiger partial charge in [-0.2, -0.15) is 0 Å². The van der Waals surface area contributed by atoms with Gasteiger partial charge in [0.15, 0.2) is 0 Å². The first-order valence-electron chi connectivity index (χ1n) is 2.70. The molecular formula is C8H4F2. The lowest BCUT2D eigenvalue weighted by atomic mass is 10.2. The molecule has 0 spiro atoms. The fraction of sp³-hybridized carbons (Fsp3) is 0. The highest BCUT2D eigenvalue weighted by Gasteiger charge is 1.88. The van der Waals surface area contributed by atoms with Gasteiger partial charge in [-0.05, 0) is 24.1 Å². The van der Waals surface area contributed by atoms with Gasteiger partial charge >= 0.3 is 0 Å². The van der Waals surface area contributed by atoms with Crippen LogP contribution in [0.1, 0.15) is 5.56 Å². The molecule has 0 amide bonds. The number of benzene rings is 1. The maximum Gasteiger partial charge on any atom is 0.124 e. The number of hydrogen-bond donors (Lipinski definition) is 0. The van der Waals surface area contributed by atoms with E-state index in [9.17, 15) is 8.78 Å². The fourth-order valence-electron chi connectivity index (χ4n) is 0.621. The minimum Gasteiger partial charge on any atom is -0.207 e. The Balaban J connectivity index is 3.03. The first-order chi connectivity index (χ1) is 4.83. The van der Waals surface area contributed by atoms with Crippen LogP contribution in [-0.2, 0) is 0 Å². The molecule has 0 fully saturated rings. The fourth-order valence-corrected chi connectivity index (χ4v) is 0.621. The molecule has 50 valence electrons. The summed E-state index contributed by atoms with van der Waals surface area (Å²) in [6.45, 7) is 0. The van der Waals surface area contributed by atoms with Gasteiger partial charge < -0.3 is 0 Å². The Morgan fingerprint density at radius 2 is 2.10 bits per heavy atom. The summed E-state index contributed by atoms with van der Waals surface area (Å²) in [5.74, 6) is 1.69. The van der Waals surface area contributed by atoms with Crippen LogP contribution in [0, 0.1) is 17.9 Å². The van der Waals surface area contributed by atoms with E-state index in [1.807, 2.05) is 0 Å². The second-order valence-corrected chi connectivity index (χ2v) is 1.73. The molecule has 1 aromatic rings. The van der Waals surface area contributed by atoms with Gasteiger partial charge in [-0.25, -0.2) is 4.39 Å². The maximum atomic E-state index is 12.3. The van der Waals surface area contributed by atoms with Crippen LogP contribution in [-0.4, -0.2) is 0 Å². The smallest absolute Gasteiger partial charge is 0.124 e. The molecule has 10 heavy (non-hydrogen) atoms. The Kier molecular flexibility index (Phi) is 2.01. The molecule has 0 saturated heterocycles. The molecule has 0 unspecified atom stereocenters. The molecule has 2 heteroatoms. The van der Waals surface area contributed by atoms with Crippen molar-refractivity contribution in [1.82, 2.24) is 0 Å². The van der Waals surface area contributed by atoms with Crippen LogP contribution >= 0.6 is 0 Å². The van der Waals surface area contributed by atoms with E-state index in [1.54, 1.807) is 0 Å². The summed E-state index contributed by atoms with van der Waals surface area (Å²) in [7, 11) is 0. The average Bonchev–Trinajstić information content (AvgIpc) is 1.88. The van der Waals surface area contributed by atoms with Crippen LogP contribution in [0.3, 0.4) is 0 Å². The predicted molar refractivity (Wildman–Crippen MR) is 34.4 cm³/mol. The molecular weight excluding hydrogens is 134 g/mol. The third-order valence-electron chi connectivity index (χ3n) is 1.02. The quantitative estimate of drug-likeness (QED) is 0.481. The summed E-state index contributed by atoms with van der Waals surface area (Å²) < 4.78 is 23.6. The highest BCUT2D eigenvalue weighted by atomic mass is 19.1. The molecule has 0 atom stereocenters. The number of rotatable bonds is 0. The molecule has 0 nitrogen and oxygen atoms in total. The molecule has 0 bridgehead atoms. The SMILES string of the molecule is FC#Cc1cccc(F)c1. The van der Waals surface area contributed by atoms with Crippen molar-refractivity contribution in [2.45, 2.75) is 0 Å². The van der Waals surface area contributed by atoms with Gasteiger partial charge in [-0.3, -0.25) is 0 Å². The maximum absolute atomic E-state index is 12.3. The Labute approximate surface area is 57.5 Å². The van der Waals surface area contributed by atoms with E-state index in [0.29, 0.717) is 5.56 Å². The number of hydrogen-bond acceptors (Lipinski definition) is 0. The van der Waals surface area contributed by atoms with Crippen LogP contribution in [0.5, 0.6) is 0 Å². The molecule has 0 saturated carbocycles. The Hall–Kier alpha value is -1.36. The Morgan fingerprint density at radius 1 is 1.30 bits per heavy atom. The molecule has 1 rings (SSSR count). The van der Waals surface area contributed by atoms with Crippen molar-refractivity contribution in [3.63, 3.8) is 0 Å². The molecule has 1 aromatic carbocycles. The van der Waals surface area contributed by atoms with Crippen molar-refractivity contribution in [2.24, 2.45) is 0 Å². The van der Waals surface area contributed by atoms with Crippen molar-refractivity contribution < 1.29 is 8.78 Å². The van der Waals surface area contributed by atoms with Crippen LogP contribution in [0.2, 0.25) is 0 Å². The monoisotopic (exact) mass is 138 g/mol. The molecule has 0 aromatic heterocycles. The minimum absolute atomic E-state index is 0.350. The zero-order valence-electron chi connectivity index (χ0n) is 5.07. The van der Waals surface area contributed by atoms with E-state index in [0.717, 1.165) is 0 Å². The summed E-state index contributed by atoms with van der Waals surface area (Å²) in [6.07, 6.45) is 1.19. The predicted octanol–water partition coefficient (Wildman–Crippen LogP) is 2.10. The van der Waals surface area contributed by atoms with E-state index in [-0.39, 0.29) is 0 Å². The molecule has 0 radical (unpaired) electrons. The van der Waals surface area contributed by atoms with Crippen molar-refractivity contribution in [3.05, 3.63) is 35.6 Å². The summed E-state index contributed by atoms with van der Waals surface area (Å²) in [6, 6.07) is 5.47. The van der Waals surface area contributed by atoms with Gasteiger partial charge in [0.2, 0.25) is 0 Å². The zero-order chi connectivity index (χ0) is 7.40. The lowest BCUT2D eigenvalue weighted by Crippen LogP contribution is -1.75. The zero-order valence-corrected chi connectivity index (χ0v) is 5.07. The van der Waals surface area contributed by atoms with Gasteiger partial charge in [-0.15, -0.1) is 4.39 Å². The van der Waals surface area contributed by atoms with Crippen molar-refractivity contribution in [1.29, 1.82) is 0 Å². The van der Waals surface area contributed by atoms with E-state index in [2.05, 4.69) is 5.92 Å². The first kappa shape index (κ1) is 6.76. The normalized spacial score (nSPS) is 8.20. The van der Waals surface area contributed by atoms with Gasteiger partial charge in [-0.1, -0.05) is 6.07 Å². The van der Waals surface area contributed by atoms with Crippen LogP contribution in [0.4, 0.5) is 8.78 Å². The highest BCUT2D eigenvalue weighted by molar-refractivity contribution is 5.32. The van der Waals surface area contributed by atoms with Crippen molar-refractivity contribution in [3.8, 4) is 12.1 Å². The third-order valence-corrected chi connectivity index (χ3v) is 1.02. The van der Waals surface area contributed by atoms with Crippen LogP contribution in [0.15, 0.2) is 24.3 Å². The van der Waals surface area contributed by atoms with Gasteiger partial charge in [0, 0.05) is 5.56 Å². The van der Waals surface area contributed by atoms with E-state index in [4.69, 9.17) is 0 Å². The summed E-state index contributed by atoms with van der Waals surface area (Å²) in [5.41, 5.74) is 0.350. The molecule has 0 N–H and O–H groups in total. The standard InChI is InChI=1S/C8H4F2/c9-5-4-7-2-1-3-8(10)6-7/h1-3,6H. The van der Waals surface area contributed by atoms with Gasteiger partial charge in [0.1, 0.15) is 12.0 Å². The third kappa shape index (κ3) is 1.56. The summed E-state index contributed by atoms with van der Waals surface area (Å²) in [5, 5.41) is 0. The van der Waals surface area contributed by atoms with Crippen molar-refractivity contribution in [2.75, 3.05) is 0 Å². The number of halogens is 2. The topological polar surface area (TPSA) is 0 Å².